The highest BCUT2D eigenvalue weighted by Gasteiger charge is 2.07. The molecule has 0 radical (unpaired) electrons. The second-order valence-electron chi connectivity index (χ2n) is 3.81. The molecule has 100 valence electrons. The zero-order valence-electron chi connectivity index (χ0n) is 10.1. The van der Waals surface area contributed by atoms with Crippen LogP contribution in [0.3, 0.4) is 0 Å². The van der Waals surface area contributed by atoms with Crippen LogP contribution in [-0.4, -0.2) is 18.2 Å². The first-order valence-corrected chi connectivity index (χ1v) is 6.74. The van der Waals surface area contributed by atoms with Gasteiger partial charge in [0.1, 0.15) is 5.75 Å². The number of nitrogens with one attached hydrogen (secondary N) is 1. The zero-order chi connectivity index (χ0) is 13.8. The van der Waals surface area contributed by atoms with Crippen molar-refractivity contribution in [2.45, 2.75) is 6.54 Å². The minimum absolute atomic E-state index is 0.314. The van der Waals surface area contributed by atoms with Gasteiger partial charge in [-0.15, -0.1) is 11.3 Å². The lowest BCUT2D eigenvalue weighted by Crippen LogP contribution is -1.98. The van der Waals surface area contributed by atoms with Gasteiger partial charge in [0.05, 0.1) is 17.7 Å². The fourth-order valence-electron chi connectivity index (χ4n) is 1.55. The molecule has 2 N–H and O–H groups in total. The van der Waals surface area contributed by atoms with Gasteiger partial charge in [0, 0.05) is 22.5 Å². The van der Waals surface area contributed by atoms with E-state index in [-0.39, 0.29) is 0 Å². The Kier molecular flexibility index (Phi) is 4.29. The summed E-state index contributed by atoms with van der Waals surface area (Å²) < 4.78 is 5.07. The van der Waals surface area contributed by atoms with Gasteiger partial charge in [-0.1, -0.05) is 11.6 Å². The first kappa shape index (κ1) is 13.7. The molecule has 0 aliphatic heterocycles. The number of thiophene rings is 1. The van der Waals surface area contributed by atoms with E-state index in [0.29, 0.717) is 22.9 Å². The molecule has 0 atom stereocenters. The van der Waals surface area contributed by atoms with Gasteiger partial charge in [-0.2, -0.15) is 0 Å². The fourth-order valence-corrected chi connectivity index (χ4v) is 2.61. The molecule has 1 heterocycles. The highest BCUT2D eigenvalue weighted by Crippen LogP contribution is 2.27. The van der Waals surface area contributed by atoms with E-state index in [0.717, 1.165) is 10.6 Å². The molecule has 4 nitrogen and oxygen atoms in total. The molecule has 1 aromatic heterocycles. The van der Waals surface area contributed by atoms with E-state index in [1.807, 2.05) is 6.07 Å². The number of rotatable bonds is 5. The van der Waals surface area contributed by atoms with Crippen molar-refractivity contribution in [1.29, 1.82) is 0 Å². The van der Waals surface area contributed by atoms with Crippen LogP contribution in [0.25, 0.3) is 0 Å². The predicted molar refractivity (Wildman–Crippen MR) is 76.6 cm³/mol. The summed E-state index contributed by atoms with van der Waals surface area (Å²) in [5, 5.41) is 14.2. The summed E-state index contributed by atoms with van der Waals surface area (Å²) in [6, 6.07) is 7.06. The summed E-state index contributed by atoms with van der Waals surface area (Å²) in [7, 11) is 1.56. The van der Waals surface area contributed by atoms with E-state index in [1.165, 1.54) is 11.3 Å². The summed E-state index contributed by atoms with van der Waals surface area (Å²) in [5.41, 5.74) is 1.17. The number of carbonyl (C=O) groups is 1. The maximum atomic E-state index is 10.8. The van der Waals surface area contributed by atoms with Crippen LogP contribution in [0, 0.1) is 0 Å². The van der Waals surface area contributed by atoms with Crippen molar-refractivity contribution in [1.82, 2.24) is 0 Å². The Morgan fingerprint density at radius 3 is 2.84 bits per heavy atom. The number of hydrogen-bond donors (Lipinski definition) is 2. The Morgan fingerprint density at radius 2 is 2.26 bits per heavy atom. The third-order valence-corrected chi connectivity index (χ3v) is 3.75. The molecular formula is C13H12ClNO3S. The summed E-state index contributed by atoms with van der Waals surface area (Å²) in [4.78, 5) is 11.7. The largest absolute Gasteiger partial charge is 0.495 e. The standard InChI is InChI=1S/C13H12ClNO3S/c1-18-12-3-2-9(5-11(12)14)15-6-10-4-8(7-19-10)13(16)17/h2-5,7,15H,6H2,1H3,(H,16,17). The van der Waals surface area contributed by atoms with Crippen LogP contribution in [0.2, 0.25) is 5.02 Å². The Morgan fingerprint density at radius 1 is 1.47 bits per heavy atom. The lowest BCUT2D eigenvalue weighted by Gasteiger charge is -2.07. The third kappa shape index (κ3) is 3.39. The number of halogens is 1. The summed E-state index contributed by atoms with van der Waals surface area (Å²) in [6.07, 6.45) is 0. The van der Waals surface area contributed by atoms with Crippen molar-refractivity contribution in [3.63, 3.8) is 0 Å². The minimum atomic E-state index is -0.907. The third-order valence-electron chi connectivity index (χ3n) is 2.52. The summed E-state index contributed by atoms with van der Waals surface area (Å²) in [6.45, 7) is 0.556. The van der Waals surface area contributed by atoms with Gasteiger partial charge in [-0.3, -0.25) is 0 Å². The number of ether oxygens (including phenoxy) is 1. The van der Waals surface area contributed by atoms with E-state index < -0.39 is 5.97 Å². The highest BCUT2D eigenvalue weighted by molar-refractivity contribution is 7.10. The minimum Gasteiger partial charge on any atom is -0.495 e. The Hall–Kier alpha value is -1.72. The van der Waals surface area contributed by atoms with Gasteiger partial charge in [0.2, 0.25) is 0 Å². The summed E-state index contributed by atoms with van der Waals surface area (Å²) >= 11 is 7.42. The van der Waals surface area contributed by atoms with Crippen molar-refractivity contribution >= 4 is 34.6 Å². The molecule has 0 unspecified atom stereocenters. The first-order valence-electron chi connectivity index (χ1n) is 5.48. The number of hydrogen-bond acceptors (Lipinski definition) is 4. The topological polar surface area (TPSA) is 58.6 Å². The predicted octanol–water partition coefficient (Wildman–Crippen LogP) is 3.72. The van der Waals surface area contributed by atoms with Crippen molar-refractivity contribution < 1.29 is 14.6 Å². The molecule has 0 saturated carbocycles. The SMILES string of the molecule is COc1ccc(NCc2cc(C(=O)O)cs2)cc1Cl. The fraction of sp³-hybridized carbons (Fsp3) is 0.154. The highest BCUT2D eigenvalue weighted by atomic mass is 35.5. The molecule has 19 heavy (non-hydrogen) atoms. The normalized spacial score (nSPS) is 10.2. The summed E-state index contributed by atoms with van der Waals surface area (Å²) in [5.74, 6) is -0.286. The van der Waals surface area contributed by atoms with Crippen LogP contribution in [-0.2, 0) is 6.54 Å². The van der Waals surface area contributed by atoms with Gasteiger partial charge in [-0.25, -0.2) is 4.79 Å². The van der Waals surface area contributed by atoms with Gasteiger partial charge in [0.25, 0.3) is 0 Å². The van der Waals surface area contributed by atoms with Crippen molar-refractivity contribution in [3.8, 4) is 5.75 Å². The molecule has 0 amide bonds. The molecule has 1 aromatic carbocycles. The Balaban J connectivity index is 2.01. The quantitative estimate of drug-likeness (QED) is 0.883. The number of carboxylic acid groups (broad SMARTS) is 1. The molecule has 2 rings (SSSR count). The van der Waals surface area contributed by atoms with Gasteiger partial charge in [0.15, 0.2) is 0 Å². The monoisotopic (exact) mass is 297 g/mol. The maximum absolute atomic E-state index is 10.8. The Bertz CT molecular complexity index is 597. The number of methoxy groups -OCH3 is 1. The van der Waals surface area contributed by atoms with Crippen molar-refractivity contribution in [2.75, 3.05) is 12.4 Å². The lowest BCUT2D eigenvalue weighted by molar-refractivity contribution is 0.0697. The van der Waals surface area contributed by atoms with Crippen molar-refractivity contribution in [3.05, 3.63) is 45.1 Å². The molecule has 6 heteroatoms. The van der Waals surface area contributed by atoms with Gasteiger partial charge >= 0.3 is 5.97 Å². The van der Waals surface area contributed by atoms with E-state index in [2.05, 4.69) is 5.32 Å². The lowest BCUT2D eigenvalue weighted by atomic mass is 10.3. The van der Waals surface area contributed by atoms with Crippen LogP contribution >= 0.6 is 22.9 Å². The smallest absolute Gasteiger partial charge is 0.336 e. The zero-order valence-corrected chi connectivity index (χ0v) is 11.7. The van der Waals surface area contributed by atoms with Crippen LogP contribution < -0.4 is 10.1 Å². The van der Waals surface area contributed by atoms with Gasteiger partial charge < -0.3 is 15.2 Å². The van der Waals surface area contributed by atoms with E-state index in [9.17, 15) is 4.79 Å². The molecule has 0 aliphatic carbocycles. The average molecular weight is 298 g/mol. The second kappa shape index (κ2) is 5.95. The second-order valence-corrected chi connectivity index (χ2v) is 5.21. The molecule has 0 spiro atoms. The molecule has 0 fully saturated rings. The van der Waals surface area contributed by atoms with E-state index in [1.54, 1.807) is 30.7 Å². The molecule has 0 saturated heterocycles. The maximum Gasteiger partial charge on any atom is 0.336 e. The van der Waals surface area contributed by atoms with Crippen molar-refractivity contribution in [2.24, 2.45) is 0 Å². The molecule has 0 aliphatic rings. The first-order chi connectivity index (χ1) is 9.10. The van der Waals surface area contributed by atoms with E-state index in [4.69, 9.17) is 21.4 Å². The van der Waals surface area contributed by atoms with Crippen LogP contribution in [0.4, 0.5) is 5.69 Å². The molecule has 2 aromatic rings. The number of anilines is 1. The number of benzene rings is 1. The van der Waals surface area contributed by atoms with Crippen LogP contribution in [0.5, 0.6) is 5.75 Å². The van der Waals surface area contributed by atoms with E-state index >= 15 is 0 Å². The van der Waals surface area contributed by atoms with Gasteiger partial charge in [-0.05, 0) is 24.3 Å². The average Bonchev–Trinajstić information content (AvgIpc) is 2.85. The number of carboxylic acids is 1. The van der Waals surface area contributed by atoms with Crippen LogP contribution in [0.1, 0.15) is 15.2 Å². The van der Waals surface area contributed by atoms with Crippen LogP contribution in [0.15, 0.2) is 29.6 Å². The molecular weight excluding hydrogens is 286 g/mol. The Labute approximate surface area is 119 Å². The molecule has 0 bridgehead atoms. The number of aromatic carboxylic acids is 1.